The molecule has 6 heteroatoms. The minimum Gasteiger partial charge on any atom is -0.505 e. The van der Waals surface area contributed by atoms with Gasteiger partial charge in [-0.2, -0.15) is 0 Å². The van der Waals surface area contributed by atoms with Crippen molar-refractivity contribution in [2.45, 2.75) is 33.1 Å². The van der Waals surface area contributed by atoms with Gasteiger partial charge in [0.2, 0.25) is 5.88 Å². The maximum absolute atomic E-state index is 11.7. The van der Waals surface area contributed by atoms with E-state index in [9.17, 15) is 9.90 Å². The molecule has 1 aromatic carbocycles. The molecule has 3 aromatic rings. The van der Waals surface area contributed by atoms with Gasteiger partial charge < -0.3 is 14.6 Å². The molecular weight excluding hydrogens is 344 g/mol. The number of ether oxygens (including phenoxy) is 2. The van der Waals surface area contributed by atoms with E-state index in [1.807, 2.05) is 24.3 Å². The molecule has 0 fully saturated rings. The molecule has 0 spiro atoms. The van der Waals surface area contributed by atoms with Gasteiger partial charge in [0, 0.05) is 11.5 Å². The second-order valence-electron chi connectivity index (χ2n) is 7.31. The van der Waals surface area contributed by atoms with Gasteiger partial charge in [-0.15, -0.1) is 0 Å². The minimum atomic E-state index is -0.697. The van der Waals surface area contributed by atoms with E-state index >= 15 is 0 Å². The van der Waals surface area contributed by atoms with Crippen LogP contribution in [0.2, 0.25) is 0 Å². The van der Waals surface area contributed by atoms with Crippen LogP contribution in [-0.2, 0) is 10.2 Å². The highest BCUT2D eigenvalue weighted by Gasteiger charge is 2.19. The lowest BCUT2D eigenvalue weighted by Gasteiger charge is -2.19. The highest BCUT2D eigenvalue weighted by molar-refractivity contribution is 5.98. The first-order valence-electron chi connectivity index (χ1n) is 8.57. The Labute approximate surface area is 157 Å². The number of esters is 1. The number of carbonyl (C=O) groups excluding carboxylic acids is 1. The van der Waals surface area contributed by atoms with Gasteiger partial charge in [0.1, 0.15) is 5.75 Å². The number of methoxy groups -OCH3 is 1. The minimum absolute atomic E-state index is 0.0668. The number of aromatic hydroxyl groups is 1. The first-order chi connectivity index (χ1) is 12.7. The summed E-state index contributed by atoms with van der Waals surface area (Å²) < 4.78 is 10.5. The molecule has 0 amide bonds. The lowest BCUT2D eigenvalue weighted by Crippen LogP contribution is -2.10. The molecule has 6 nitrogen and oxygen atoms in total. The molecule has 0 aliphatic rings. The van der Waals surface area contributed by atoms with E-state index in [1.165, 1.54) is 12.7 Å². The summed E-state index contributed by atoms with van der Waals surface area (Å²) in [6, 6.07) is 11.1. The average Bonchev–Trinajstić information content (AvgIpc) is 2.63. The van der Waals surface area contributed by atoms with E-state index in [2.05, 4.69) is 35.5 Å². The number of pyridine rings is 2. The van der Waals surface area contributed by atoms with Crippen molar-refractivity contribution < 1.29 is 19.4 Å². The van der Waals surface area contributed by atoms with Crippen LogP contribution in [0, 0.1) is 6.92 Å². The number of nitrogens with zero attached hydrogens (tertiary/aromatic N) is 2. The Morgan fingerprint density at radius 3 is 2.30 bits per heavy atom. The molecule has 2 aromatic heterocycles. The molecule has 3 rings (SSSR count). The predicted octanol–water partition coefficient (Wildman–Crippen LogP) is 4.52. The number of aromatic nitrogens is 2. The van der Waals surface area contributed by atoms with Crippen molar-refractivity contribution in [2.24, 2.45) is 0 Å². The monoisotopic (exact) mass is 366 g/mol. The summed E-state index contributed by atoms with van der Waals surface area (Å²) in [6.45, 7) is 8.17. The second kappa shape index (κ2) is 6.87. The molecule has 1 N–H and O–H groups in total. The SMILES string of the molecule is COC(=O)c1nc(C)c2nc(Oc3ccc(C(C)(C)C)cc3)ccc2c1O. The molecule has 0 unspecified atom stereocenters. The average molecular weight is 366 g/mol. The first kappa shape index (κ1) is 18.6. The molecule has 140 valence electrons. The third-order valence-corrected chi connectivity index (χ3v) is 4.29. The fraction of sp³-hybridized carbons (Fsp3) is 0.286. The predicted molar refractivity (Wildman–Crippen MR) is 102 cm³/mol. The van der Waals surface area contributed by atoms with Gasteiger partial charge in [0.25, 0.3) is 0 Å². The second-order valence-corrected chi connectivity index (χ2v) is 7.31. The summed E-state index contributed by atoms with van der Waals surface area (Å²) in [5, 5.41) is 10.7. The molecule has 0 aliphatic carbocycles. The van der Waals surface area contributed by atoms with Crippen LogP contribution in [0.15, 0.2) is 36.4 Å². The van der Waals surface area contributed by atoms with E-state index in [1.54, 1.807) is 19.1 Å². The van der Waals surface area contributed by atoms with Gasteiger partial charge in [-0.1, -0.05) is 32.9 Å². The Hall–Kier alpha value is -3.15. The largest absolute Gasteiger partial charge is 0.505 e. The highest BCUT2D eigenvalue weighted by Crippen LogP contribution is 2.32. The quantitative estimate of drug-likeness (QED) is 0.686. The number of aryl methyl sites for hydroxylation is 1. The van der Waals surface area contributed by atoms with Gasteiger partial charge in [-0.05, 0) is 36.1 Å². The molecule has 0 saturated carbocycles. The zero-order chi connectivity index (χ0) is 19.8. The van der Waals surface area contributed by atoms with E-state index in [0.29, 0.717) is 28.2 Å². The normalized spacial score (nSPS) is 11.4. The lowest BCUT2D eigenvalue weighted by molar-refractivity contribution is 0.0590. The Morgan fingerprint density at radius 1 is 1.04 bits per heavy atom. The zero-order valence-corrected chi connectivity index (χ0v) is 16.0. The van der Waals surface area contributed by atoms with Crippen LogP contribution in [-0.4, -0.2) is 28.2 Å². The fourth-order valence-electron chi connectivity index (χ4n) is 2.75. The van der Waals surface area contributed by atoms with Crippen molar-refractivity contribution in [2.75, 3.05) is 7.11 Å². The van der Waals surface area contributed by atoms with E-state index in [4.69, 9.17) is 4.74 Å². The number of hydrogen-bond acceptors (Lipinski definition) is 6. The van der Waals surface area contributed by atoms with E-state index < -0.39 is 5.97 Å². The molecule has 2 heterocycles. The van der Waals surface area contributed by atoms with Crippen molar-refractivity contribution in [3.8, 4) is 17.4 Å². The summed E-state index contributed by atoms with van der Waals surface area (Å²) >= 11 is 0. The van der Waals surface area contributed by atoms with Crippen LogP contribution in [0.4, 0.5) is 0 Å². The van der Waals surface area contributed by atoms with Crippen molar-refractivity contribution in [3.63, 3.8) is 0 Å². The number of benzene rings is 1. The van der Waals surface area contributed by atoms with Gasteiger partial charge in [-0.3, -0.25) is 0 Å². The Kier molecular flexibility index (Phi) is 4.74. The van der Waals surface area contributed by atoms with Gasteiger partial charge in [0.15, 0.2) is 11.4 Å². The van der Waals surface area contributed by atoms with Crippen LogP contribution >= 0.6 is 0 Å². The first-order valence-corrected chi connectivity index (χ1v) is 8.57. The molecular formula is C21H22N2O4. The number of rotatable bonds is 3. The summed E-state index contributed by atoms with van der Waals surface area (Å²) in [4.78, 5) is 20.3. The topological polar surface area (TPSA) is 81.5 Å². The maximum atomic E-state index is 11.7. The van der Waals surface area contributed by atoms with Crippen molar-refractivity contribution in [1.82, 2.24) is 9.97 Å². The number of carbonyl (C=O) groups is 1. The zero-order valence-electron chi connectivity index (χ0n) is 16.0. The molecule has 0 bridgehead atoms. The van der Waals surface area contributed by atoms with Crippen molar-refractivity contribution in [3.05, 3.63) is 53.3 Å². The van der Waals surface area contributed by atoms with Crippen LogP contribution in [0.1, 0.15) is 42.5 Å². The van der Waals surface area contributed by atoms with E-state index in [0.717, 1.165) is 0 Å². The lowest BCUT2D eigenvalue weighted by atomic mass is 9.87. The standard InChI is InChI=1S/C21H22N2O4/c1-12-17-15(19(24)18(22-12)20(25)26-5)10-11-16(23-17)27-14-8-6-13(7-9-14)21(2,3)4/h6-11,24H,1-5H3. The van der Waals surface area contributed by atoms with Crippen molar-refractivity contribution in [1.29, 1.82) is 0 Å². The fourth-order valence-corrected chi connectivity index (χ4v) is 2.75. The number of fused-ring (bicyclic) bond motifs is 1. The van der Waals surface area contributed by atoms with Gasteiger partial charge in [-0.25, -0.2) is 14.8 Å². The van der Waals surface area contributed by atoms with Crippen LogP contribution in [0.25, 0.3) is 10.9 Å². The summed E-state index contributed by atoms with van der Waals surface area (Å²) in [5.74, 6) is 0.0878. The molecule has 0 aliphatic heterocycles. The molecule has 0 atom stereocenters. The molecule has 27 heavy (non-hydrogen) atoms. The Bertz CT molecular complexity index is 1010. The number of hydrogen-bond donors (Lipinski definition) is 1. The van der Waals surface area contributed by atoms with Gasteiger partial charge in [0.05, 0.1) is 18.3 Å². The Balaban J connectivity index is 1.95. The summed E-state index contributed by atoms with van der Waals surface area (Å²) in [6.07, 6.45) is 0. The Morgan fingerprint density at radius 2 is 1.70 bits per heavy atom. The smallest absolute Gasteiger partial charge is 0.360 e. The van der Waals surface area contributed by atoms with Crippen LogP contribution < -0.4 is 4.74 Å². The maximum Gasteiger partial charge on any atom is 0.360 e. The van der Waals surface area contributed by atoms with Gasteiger partial charge >= 0.3 is 5.97 Å². The van der Waals surface area contributed by atoms with Crippen LogP contribution in [0.5, 0.6) is 17.4 Å². The van der Waals surface area contributed by atoms with Crippen molar-refractivity contribution >= 4 is 16.9 Å². The van der Waals surface area contributed by atoms with E-state index in [-0.39, 0.29) is 16.9 Å². The summed E-state index contributed by atoms with van der Waals surface area (Å²) in [5.41, 5.74) is 2.11. The third-order valence-electron chi connectivity index (χ3n) is 4.29. The molecule has 0 radical (unpaired) electrons. The summed E-state index contributed by atoms with van der Waals surface area (Å²) in [7, 11) is 1.24. The molecule has 0 saturated heterocycles. The highest BCUT2D eigenvalue weighted by atomic mass is 16.5. The third kappa shape index (κ3) is 3.69. The van der Waals surface area contributed by atoms with Crippen LogP contribution in [0.3, 0.4) is 0 Å².